The van der Waals surface area contributed by atoms with Crippen LogP contribution in [-0.4, -0.2) is 46.5 Å². The topological polar surface area (TPSA) is 3.24 Å². The van der Waals surface area contributed by atoms with Crippen molar-refractivity contribution in [3.8, 4) is 0 Å². The van der Waals surface area contributed by atoms with Crippen LogP contribution < -0.4 is 0 Å². The number of unbranched alkanes of at least 4 members (excludes halogenated alkanes) is 6. The van der Waals surface area contributed by atoms with Gasteiger partial charge in [-0.2, -0.15) is 0 Å². The van der Waals surface area contributed by atoms with Gasteiger partial charge in [0.05, 0.1) is 0 Å². The molecule has 22 heavy (non-hydrogen) atoms. The molecule has 1 atom stereocenters. The normalized spacial score (nSPS) is 22.2. The van der Waals surface area contributed by atoms with Crippen molar-refractivity contribution in [2.75, 3.05) is 6.54 Å². The van der Waals surface area contributed by atoms with E-state index >= 15 is 0 Å². The molecule has 0 bridgehead atoms. The van der Waals surface area contributed by atoms with Gasteiger partial charge in [-0.3, -0.25) is 0 Å². The lowest BCUT2D eigenvalue weighted by atomic mass is 9.53. The fourth-order valence-electron chi connectivity index (χ4n) is 4.59. The van der Waals surface area contributed by atoms with Gasteiger partial charge in [0.2, 0.25) is 0 Å². The van der Waals surface area contributed by atoms with Crippen LogP contribution in [0.5, 0.6) is 0 Å². The van der Waals surface area contributed by atoms with Gasteiger partial charge in [-0.1, -0.05) is 76.8 Å². The Morgan fingerprint density at radius 3 is 1.82 bits per heavy atom. The van der Waals surface area contributed by atoms with Gasteiger partial charge >= 0.3 is 0 Å². The molecule has 0 amide bonds. The maximum Gasteiger partial charge on any atom is 0.123 e. The molecule has 0 aliphatic carbocycles. The van der Waals surface area contributed by atoms with Crippen LogP contribution in [0.25, 0.3) is 0 Å². The van der Waals surface area contributed by atoms with Gasteiger partial charge < -0.3 is 4.90 Å². The Morgan fingerprint density at radius 1 is 0.955 bits per heavy atom. The zero-order chi connectivity index (χ0) is 16.6. The van der Waals surface area contributed by atoms with E-state index in [9.17, 15) is 0 Å². The van der Waals surface area contributed by atoms with Gasteiger partial charge in [0.1, 0.15) is 23.5 Å². The van der Waals surface area contributed by atoms with Crippen LogP contribution in [0.1, 0.15) is 91.4 Å². The lowest BCUT2D eigenvalue weighted by Crippen LogP contribution is -2.49. The van der Waals surface area contributed by atoms with E-state index in [4.69, 9.17) is 0 Å². The van der Waals surface area contributed by atoms with E-state index in [2.05, 4.69) is 49.2 Å². The van der Waals surface area contributed by atoms with Crippen molar-refractivity contribution in [3.05, 3.63) is 0 Å². The molecule has 0 aromatic heterocycles. The van der Waals surface area contributed by atoms with Crippen LogP contribution in [0.3, 0.4) is 0 Å². The first-order chi connectivity index (χ1) is 10.3. The van der Waals surface area contributed by atoms with Gasteiger partial charge in [0.15, 0.2) is 0 Å². The summed E-state index contributed by atoms with van der Waals surface area (Å²) < 4.78 is 0. The highest BCUT2D eigenvalue weighted by molar-refractivity contribution is 6.40. The molecule has 126 valence electrons. The molecule has 0 saturated carbocycles. The van der Waals surface area contributed by atoms with Crippen LogP contribution in [0.15, 0.2) is 0 Å². The molecule has 0 spiro atoms. The summed E-state index contributed by atoms with van der Waals surface area (Å²) in [6.07, 6.45) is 15.4. The van der Waals surface area contributed by atoms with Gasteiger partial charge in [-0.05, 0) is 32.3 Å². The smallest absolute Gasteiger partial charge is 0.123 e. The second-order valence-electron chi connectivity index (χ2n) is 8.96. The van der Waals surface area contributed by atoms with Crippen molar-refractivity contribution >= 4 is 23.5 Å². The van der Waals surface area contributed by atoms with E-state index < -0.39 is 0 Å². The molecule has 1 unspecified atom stereocenters. The fraction of sp³-hybridized carbons (Fsp3) is 1.00. The quantitative estimate of drug-likeness (QED) is 0.419. The van der Waals surface area contributed by atoms with E-state index in [-0.39, 0.29) is 0 Å². The Bertz CT molecular complexity index is 295. The number of hydrogen-bond donors (Lipinski definition) is 0. The summed E-state index contributed by atoms with van der Waals surface area (Å²) in [5, 5.41) is 0.507. The molecule has 1 rings (SSSR count). The minimum absolute atomic E-state index is 0.439. The Balaban J connectivity index is 2.63. The minimum atomic E-state index is 0.439. The standard InChI is InChI=1S/C18H40B3N/c1-4-6-8-10-12-17(3,13-11-9-7-5-2)22-15-18(20,21)14-16(22)19/h16H,4-15,19-21H2,1-3H3. The first-order valence-corrected chi connectivity index (χ1v) is 10.1. The molecule has 0 radical (unpaired) electrons. The molecule has 1 heterocycles. The van der Waals surface area contributed by atoms with Crippen LogP contribution in [0.2, 0.25) is 5.21 Å². The Hall–Kier alpha value is 0.155. The average molecular weight is 303 g/mol. The lowest BCUT2D eigenvalue weighted by molar-refractivity contribution is 0.0930. The lowest BCUT2D eigenvalue weighted by Gasteiger charge is -2.43. The van der Waals surface area contributed by atoms with E-state index in [0.717, 1.165) is 5.94 Å². The second-order valence-corrected chi connectivity index (χ2v) is 8.96. The van der Waals surface area contributed by atoms with Crippen LogP contribution in [-0.2, 0) is 0 Å². The highest BCUT2D eigenvalue weighted by Crippen LogP contribution is 2.41. The number of hydrogen-bond acceptors (Lipinski definition) is 1. The van der Waals surface area contributed by atoms with Crippen molar-refractivity contribution in [1.82, 2.24) is 4.90 Å². The minimum Gasteiger partial charge on any atom is -0.304 e. The molecular weight excluding hydrogens is 263 g/mol. The van der Waals surface area contributed by atoms with Crippen molar-refractivity contribution < 1.29 is 0 Å². The largest absolute Gasteiger partial charge is 0.304 e. The first kappa shape index (κ1) is 20.2. The summed E-state index contributed by atoms with van der Waals surface area (Å²) in [7, 11) is 7.38. The Labute approximate surface area is 143 Å². The predicted molar refractivity (Wildman–Crippen MR) is 109 cm³/mol. The molecule has 0 aromatic carbocycles. The van der Waals surface area contributed by atoms with Crippen molar-refractivity contribution in [2.24, 2.45) is 0 Å². The SMILES string of the molecule is BC1CC(B)(B)CN1C(C)(CCCCCC)CCCCCC. The molecule has 4 heteroatoms. The van der Waals surface area contributed by atoms with Crippen molar-refractivity contribution in [1.29, 1.82) is 0 Å². The van der Waals surface area contributed by atoms with Gasteiger partial charge in [0.25, 0.3) is 0 Å². The second kappa shape index (κ2) is 9.45. The number of nitrogens with zero attached hydrogens (tertiary/aromatic N) is 1. The predicted octanol–water partition coefficient (Wildman–Crippen LogP) is 2.73. The summed E-state index contributed by atoms with van der Waals surface area (Å²) in [6.45, 7) is 8.50. The monoisotopic (exact) mass is 303 g/mol. The number of likely N-dealkylation sites (tertiary alicyclic amines) is 1. The zero-order valence-corrected chi connectivity index (χ0v) is 16.5. The van der Waals surface area contributed by atoms with E-state index in [1.807, 2.05) is 0 Å². The molecule has 0 N–H and O–H groups in total. The van der Waals surface area contributed by atoms with Gasteiger partial charge in [-0.15, -0.1) is 0 Å². The third-order valence-corrected chi connectivity index (χ3v) is 5.81. The fourth-order valence-corrected chi connectivity index (χ4v) is 4.59. The molecule has 1 aliphatic heterocycles. The van der Waals surface area contributed by atoms with Gasteiger partial charge in [0, 0.05) is 5.54 Å². The summed E-state index contributed by atoms with van der Waals surface area (Å²) in [6, 6.07) is 0. The summed E-state index contributed by atoms with van der Waals surface area (Å²) in [5.41, 5.74) is 0.439. The summed E-state index contributed by atoms with van der Waals surface area (Å²) in [5.74, 6) is 0.761. The average Bonchev–Trinajstić information content (AvgIpc) is 2.74. The highest BCUT2D eigenvalue weighted by Gasteiger charge is 2.42. The third kappa shape index (κ3) is 6.34. The molecule has 1 nitrogen and oxygen atoms in total. The maximum atomic E-state index is 2.88. The molecule has 1 aliphatic rings. The number of rotatable bonds is 11. The van der Waals surface area contributed by atoms with Crippen molar-refractivity contribution in [2.45, 2.75) is 108 Å². The van der Waals surface area contributed by atoms with Crippen LogP contribution >= 0.6 is 0 Å². The maximum absolute atomic E-state index is 2.88. The van der Waals surface area contributed by atoms with Gasteiger partial charge in [-0.25, -0.2) is 0 Å². The van der Waals surface area contributed by atoms with E-state index in [1.54, 1.807) is 0 Å². The summed E-state index contributed by atoms with van der Waals surface area (Å²) in [4.78, 5) is 2.88. The Kier molecular flexibility index (Phi) is 8.68. The molecule has 0 aromatic rings. The van der Waals surface area contributed by atoms with E-state index in [1.165, 1.54) is 77.2 Å². The first-order valence-electron chi connectivity index (χ1n) is 10.1. The molecule has 1 saturated heterocycles. The van der Waals surface area contributed by atoms with Crippen LogP contribution in [0.4, 0.5) is 0 Å². The van der Waals surface area contributed by atoms with E-state index in [0.29, 0.717) is 10.8 Å². The zero-order valence-electron chi connectivity index (χ0n) is 16.5. The van der Waals surface area contributed by atoms with Crippen LogP contribution in [0, 0.1) is 0 Å². The third-order valence-electron chi connectivity index (χ3n) is 5.81. The highest BCUT2D eigenvalue weighted by atomic mass is 15.2. The van der Waals surface area contributed by atoms with Crippen molar-refractivity contribution in [3.63, 3.8) is 0 Å². The molecule has 1 fully saturated rings. The summed E-state index contributed by atoms with van der Waals surface area (Å²) >= 11 is 0. The molecular formula is C18H40B3N. The Morgan fingerprint density at radius 2 is 1.45 bits per heavy atom.